The molecule has 0 radical (unpaired) electrons. The first-order valence-corrected chi connectivity index (χ1v) is 9.52. The largest absolute Gasteiger partial charge is 0.493 e. The van der Waals surface area contributed by atoms with Gasteiger partial charge in [-0.3, -0.25) is 4.79 Å². The molecule has 0 aliphatic rings. The number of carbonyl (C=O) groups excluding carboxylic acids is 1. The molecule has 0 atom stereocenters. The predicted molar refractivity (Wildman–Crippen MR) is 111 cm³/mol. The van der Waals surface area contributed by atoms with Crippen LogP contribution in [0.3, 0.4) is 0 Å². The number of ether oxygens (including phenoxy) is 2. The zero-order valence-electron chi connectivity index (χ0n) is 17.2. The molecule has 152 valence electrons. The summed E-state index contributed by atoms with van der Waals surface area (Å²) in [7, 11) is 3.18. The van der Waals surface area contributed by atoms with E-state index in [0.717, 1.165) is 11.1 Å². The lowest BCUT2D eigenvalue weighted by molar-refractivity contribution is -0.135. The van der Waals surface area contributed by atoms with E-state index in [-0.39, 0.29) is 11.8 Å². The van der Waals surface area contributed by atoms with Crippen LogP contribution in [0.15, 0.2) is 59.1 Å². The number of methoxy groups -OCH3 is 2. The van der Waals surface area contributed by atoms with Crippen molar-refractivity contribution in [2.24, 2.45) is 5.92 Å². The number of aromatic nitrogens is 1. The van der Waals surface area contributed by atoms with Gasteiger partial charge >= 0.3 is 0 Å². The fourth-order valence-corrected chi connectivity index (χ4v) is 3.09. The van der Waals surface area contributed by atoms with Crippen LogP contribution in [-0.4, -0.2) is 30.2 Å². The van der Waals surface area contributed by atoms with Crippen molar-refractivity contribution in [3.05, 3.63) is 65.9 Å². The van der Waals surface area contributed by atoms with Gasteiger partial charge in [-0.1, -0.05) is 49.3 Å². The Morgan fingerprint density at radius 3 is 2.38 bits per heavy atom. The van der Waals surface area contributed by atoms with Gasteiger partial charge in [0.2, 0.25) is 5.91 Å². The van der Waals surface area contributed by atoms with Crippen molar-refractivity contribution in [2.45, 2.75) is 26.9 Å². The SMILES string of the molecule is COc1ccc(-c2cc(CN(Cc3ccccc3)C(=O)C(C)C)no2)cc1OC. The van der Waals surface area contributed by atoms with E-state index >= 15 is 0 Å². The Morgan fingerprint density at radius 1 is 1.00 bits per heavy atom. The molecule has 3 aromatic rings. The van der Waals surface area contributed by atoms with Crippen molar-refractivity contribution in [3.8, 4) is 22.8 Å². The molecule has 1 aromatic heterocycles. The van der Waals surface area contributed by atoms with Crippen molar-refractivity contribution in [2.75, 3.05) is 14.2 Å². The van der Waals surface area contributed by atoms with E-state index in [0.29, 0.717) is 36.0 Å². The van der Waals surface area contributed by atoms with Gasteiger partial charge in [-0.2, -0.15) is 0 Å². The third kappa shape index (κ3) is 4.96. The monoisotopic (exact) mass is 394 g/mol. The lowest BCUT2D eigenvalue weighted by atomic mass is 10.1. The van der Waals surface area contributed by atoms with Gasteiger partial charge in [-0.25, -0.2) is 0 Å². The van der Waals surface area contributed by atoms with Gasteiger partial charge in [0.1, 0.15) is 5.69 Å². The molecular weight excluding hydrogens is 368 g/mol. The minimum absolute atomic E-state index is 0.0736. The molecule has 0 aliphatic carbocycles. The molecule has 0 saturated carbocycles. The second-order valence-electron chi connectivity index (χ2n) is 7.09. The van der Waals surface area contributed by atoms with Crippen LogP contribution in [0.1, 0.15) is 25.1 Å². The molecule has 6 nitrogen and oxygen atoms in total. The van der Waals surface area contributed by atoms with Crippen molar-refractivity contribution in [3.63, 3.8) is 0 Å². The van der Waals surface area contributed by atoms with E-state index in [2.05, 4.69) is 5.16 Å². The minimum Gasteiger partial charge on any atom is -0.493 e. The Labute approximate surface area is 171 Å². The number of hydrogen-bond acceptors (Lipinski definition) is 5. The summed E-state index contributed by atoms with van der Waals surface area (Å²) in [5, 5.41) is 4.17. The van der Waals surface area contributed by atoms with Crippen molar-refractivity contribution in [1.82, 2.24) is 10.1 Å². The number of carbonyl (C=O) groups is 1. The number of nitrogens with zero attached hydrogens (tertiary/aromatic N) is 2. The maximum atomic E-state index is 12.7. The van der Waals surface area contributed by atoms with Gasteiger partial charge < -0.3 is 18.9 Å². The summed E-state index contributed by atoms with van der Waals surface area (Å²) in [5.41, 5.74) is 2.59. The van der Waals surface area contributed by atoms with Gasteiger partial charge in [0.15, 0.2) is 17.3 Å². The quantitative estimate of drug-likeness (QED) is 0.561. The molecule has 2 aromatic carbocycles. The average Bonchev–Trinajstić information content (AvgIpc) is 3.21. The summed E-state index contributed by atoms with van der Waals surface area (Å²) in [5.74, 6) is 1.84. The zero-order chi connectivity index (χ0) is 20.8. The Bertz CT molecular complexity index is 951. The van der Waals surface area contributed by atoms with Crippen LogP contribution in [0.2, 0.25) is 0 Å². The Balaban J connectivity index is 1.81. The zero-order valence-corrected chi connectivity index (χ0v) is 17.2. The highest BCUT2D eigenvalue weighted by molar-refractivity contribution is 5.78. The molecule has 29 heavy (non-hydrogen) atoms. The summed E-state index contributed by atoms with van der Waals surface area (Å²) in [6.07, 6.45) is 0. The summed E-state index contributed by atoms with van der Waals surface area (Å²) < 4.78 is 16.2. The molecule has 0 spiro atoms. The van der Waals surface area contributed by atoms with Gasteiger partial charge in [0.25, 0.3) is 0 Å². The predicted octanol–water partition coefficient (Wildman–Crippen LogP) is 4.54. The third-order valence-electron chi connectivity index (χ3n) is 4.60. The Kier molecular flexibility index (Phi) is 6.54. The molecule has 1 heterocycles. The summed E-state index contributed by atoms with van der Waals surface area (Å²) >= 11 is 0. The number of amides is 1. The highest BCUT2D eigenvalue weighted by atomic mass is 16.5. The van der Waals surface area contributed by atoms with E-state index in [1.165, 1.54) is 0 Å². The van der Waals surface area contributed by atoms with Gasteiger partial charge in [0.05, 0.1) is 20.8 Å². The maximum Gasteiger partial charge on any atom is 0.225 e. The number of rotatable bonds is 8. The second-order valence-corrected chi connectivity index (χ2v) is 7.09. The van der Waals surface area contributed by atoms with Crippen LogP contribution in [0.4, 0.5) is 0 Å². The molecule has 6 heteroatoms. The average molecular weight is 394 g/mol. The lowest BCUT2D eigenvalue weighted by Crippen LogP contribution is -2.33. The summed E-state index contributed by atoms with van der Waals surface area (Å²) in [6, 6.07) is 17.3. The molecule has 0 fully saturated rings. The Hall–Kier alpha value is -3.28. The fourth-order valence-electron chi connectivity index (χ4n) is 3.09. The van der Waals surface area contributed by atoms with Gasteiger partial charge in [-0.15, -0.1) is 0 Å². The molecule has 3 rings (SSSR count). The first-order chi connectivity index (χ1) is 14.0. The Morgan fingerprint density at radius 2 is 1.72 bits per heavy atom. The molecular formula is C23H26N2O4. The van der Waals surface area contributed by atoms with E-state index in [1.807, 2.05) is 68.4 Å². The molecule has 0 saturated heterocycles. The smallest absolute Gasteiger partial charge is 0.225 e. The highest BCUT2D eigenvalue weighted by Gasteiger charge is 2.20. The number of benzene rings is 2. The lowest BCUT2D eigenvalue weighted by Gasteiger charge is -2.23. The van der Waals surface area contributed by atoms with E-state index in [1.54, 1.807) is 19.1 Å². The van der Waals surface area contributed by atoms with Crippen molar-refractivity contribution >= 4 is 5.91 Å². The first-order valence-electron chi connectivity index (χ1n) is 9.52. The highest BCUT2D eigenvalue weighted by Crippen LogP contribution is 2.32. The van der Waals surface area contributed by atoms with Crippen LogP contribution < -0.4 is 9.47 Å². The molecule has 0 bridgehead atoms. The topological polar surface area (TPSA) is 64.8 Å². The minimum atomic E-state index is -0.101. The van der Waals surface area contributed by atoms with Crippen molar-refractivity contribution in [1.29, 1.82) is 0 Å². The fraction of sp³-hybridized carbons (Fsp3) is 0.304. The van der Waals surface area contributed by atoms with Crippen LogP contribution in [0, 0.1) is 5.92 Å². The molecule has 0 unspecified atom stereocenters. The van der Waals surface area contributed by atoms with E-state index in [9.17, 15) is 4.79 Å². The number of hydrogen-bond donors (Lipinski definition) is 0. The van der Waals surface area contributed by atoms with E-state index < -0.39 is 0 Å². The van der Waals surface area contributed by atoms with Gasteiger partial charge in [-0.05, 0) is 23.8 Å². The molecule has 0 aliphatic heterocycles. The first kappa shape index (κ1) is 20.5. The van der Waals surface area contributed by atoms with E-state index in [4.69, 9.17) is 14.0 Å². The van der Waals surface area contributed by atoms with Crippen LogP contribution in [0.5, 0.6) is 11.5 Å². The second kappa shape index (κ2) is 9.28. The normalized spacial score (nSPS) is 10.8. The third-order valence-corrected chi connectivity index (χ3v) is 4.60. The van der Waals surface area contributed by atoms with Crippen LogP contribution in [-0.2, 0) is 17.9 Å². The van der Waals surface area contributed by atoms with Crippen molar-refractivity contribution < 1.29 is 18.8 Å². The molecule has 0 N–H and O–H groups in total. The maximum absolute atomic E-state index is 12.7. The summed E-state index contributed by atoms with van der Waals surface area (Å²) in [4.78, 5) is 14.5. The molecule has 1 amide bonds. The summed E-state index contributed by atoms with van der Waals surface area (Å²) in [6.45, 7) is 4.70. The van der Waals surface area contributed by atoms with Gasteiger partial charge in [0, 0.05) is 24.1 Å². The van der Waals surface area contributed by atoms with Crippen LogP contribution in [0.25, 0.3) is 11.3 Å². The standard InChI is InChI=1S/C23H26N2O4/c1-16(2)23(26)25(14-17-8-6-5-7-9-17)15-19-13-21(29-24-19)18-10-11-20(27-3)22(12-18)28-4/h5-13,16H,14-15H2,1-4H3. The van der Waals surface area contributed by atoms with Crippen LogP contribution >= 0.6 is 0 Å².